The zero-order valence-corrected chi connectivity index (χ0v) is 12.5. The van der Waals surface area contributed by atoms with Crippen LogP contribution in [0.25, 0.3) is 0 Å². The molecule has 4 heteroatoms. The van der Waals surface area contributed by atoms with Crippen molar-refractivity contribution < 1.29 is 14.3 Å². The SMILES string of the molecule is C=C1C[C@H](C)[C@@H](C)CN(C(=O)OCc2ccccc2)C1=O. The second-order valence-electron chi connectivity index (χ2n) is 5.72. The molecule has 2 amide bonds. The second kappa shape index (κ2) is 6.57. The highest BCUT2D eigenvalue weighted by molar-refractivity contribution is 6.02. The molecule has 1 aliphatic heterocycles. The van der Waals surface area contributed by atoms with Gasteiger partial charge in [0.1, 0.15) is 6.61 Å². The molecule has 1 heterocycles. The predicted molar refractivity (Wildman–Crippen MR) is 80.4 cm³/mol. The van der Waals surface area contributed by atoms with Crippen molar-refractivity contribution in [3.63, 3.8) is 0 Å². The van der Waals surface area contributed by atoms with E-state index in [1.807, 2.05) is 37.3 Å². The number of benzene rings is 1. The molecule has 4 nitrogen and oxygen atoms in total. The Balaban J connectivity index is 2.03. The molecule has 1 saturated heterocycles. The summed E-state index contributed by atoms with van der Waals surface area (Å²) in [5.41, 5.74) is 1.37. The van der Waals surface area contributed by atoms with Crippen LogP contribution in [0.2, 0.25) is 0 Å². The van der Waals surface area contributed by atoms with Crippen molar-refractivity contribution >= 4 is 12.0 Å². The Morgan fingerprint density at radius 1 is 1.29 bits per heavy atom. The average molecular weight is 287 g/mol. The van der Waals surface area contributed by atoms with E-state index in [4.69, 9.17) is 4.74 Å². The largest absolute Gasteiger partial charge is 0.444 e. The lowest BCUT2D eigenvalue weighted by Crippen LogP contribution is -2.39. The fraction of sp³-hybridized carbons (Fsp3) is 0.412. The molecule has 0 unspecified atom stereocenters. The quantitative estimate of drug-likeness (QED) is 0.783. The molecule has 1 aromatic rings. The fourth-order valence-corrected chi connectivity index (χ4v) is 2.37. The first-order chi connectivity index (χ1) is 9.99. The molecule has 112 valence electrons. The molecular weight excluding hydrogens is 266 g/mol. The zero-order valence-electron chi connectivity index (χ0n) is 12.5. The van der Waals surface area contributed by atoms with Crippen molar-refractivity contribution in [2.75, 3.05) is 6.54 Å². The van der Waals surface area contributed by atoms with Gasteiger partial charge in [-0.2, -0.15) is 0 Å². The number of hydrogen-bond donors (Lipinski definition) is 0. The number of likely N-dealkylation sites (tertiary alicyclic amines) is 1. The lowest BCUT2D eigenvalue weighted by molar-refractivity contribution is -0.125. The van der Waals surface area contributed by atoms with Crippen LogP contribution in [0, 0.1) is 11.8 Å². The van der Waals surface area contributed by atoms with Crippen molar-refractivity contribution in [3.8, 4) is 0 Å². The minimum atomic E-state index is -0.592. The summed E-state index contributed by atoms with van der Waals surface area (Å²) in [5.74, 6) is 0.245. The van der Waals surface area contributed by atoms with Gasteiger partial charge >= 0.3 is 6.09 Å². The summed E-state index contributed by atoms with van der Waals surface area (Å²) in [4.78, 5) is 25.6. The number of hydrogen-bond acceptors (Lipinski definition) is 3. The van der Waals surface area contributed by atoms with Crippen LogP contribution < -0.4 is 0 Å². The third kappa shape index (κ3) is 3.72. The van der Waals surface area contributed by atoms with E-state index in [0.29, 0.717) is 24.5 Å². The molecule has 0 N–H and O–H groups in total. The summed E-state index contributed by atoms with van der Waals surface area (Å²) in [6.07, 6.45) is 0.0357. The number of nitrogens with zero attached hydrogens (tertiary/aromatic N) is 1. The molecule has 0 bridgehead atoms. The van der Waals surface area contributed by atoms with Crippen LogP contribution in [0.3, 0.4) is 0 Å². The standard InChI is InChI=1S/C17H21NO3/c1-12-9-13(2)16(19)18(10-14(12)3)17(20)21-11-15-7-5-4-6-8-15/h4-8,12,14H,2,9-11H2,1,3H3/t12-,14-/m0/s1. The van der Waals surface area contributed by atoms with Gasteiger partial charge in [0, 0.05) is 12.1 Å². The maximum absolute atomic E-state index is 12.2. The third-order valence-corrected chi connectivity index (χ3v) is 3.98. The molecule has 0 radical (unpaired) electrons. The second-order valence-corrected chi connectivity index (χ2v) is 5.72. The van der Waals surface area contributed by atoms with Crippen LogP contribution in [-0.2, 0) is 16.1 Å². The minimum Gasteiger partial charge on any atom is -0.444 e. The van der Waals surface area contributed by atoms with Crippen LogP contribution in [0.15, 0.2) is 42.5 Å². The molecule has 1 fully saturated rings. The van der Waals surface area contributed by atoms with E-state index < -0.39 is 6.09 Å². The Morgan fingerprint density at radius 3 is 2.62 bits per heavy atom. The number of imide groups is 1. The van der Waals surface area contributed by atoms with Gasteiger partial charge < -0.3 is 4.74 Å². The fourth-order valence-electron chi connectivity index (χ4n) is 2.37. The summed E-state index contributed by atoms with van der Waals surface area (Å²) in [6.45, 7) is 8.45. The highest BCUT2D eigenvalue weighted by Crippen LogP contribution is 2.26. The van der Waals surface area contributed by atoms with Gasteiger partial charge in [0.2, 0.25) is 0 Å². The molecule has 21 heavy (non-hydrogen) atoms. The first-order valence-electron chi connectivity index (χ1n) is 7.19. The van der Waals surface area contributed by atoms with Gasteiger partial charge in [-0.15, -0.1) is 0 Å². The Kier molecular flexibility index (Phi) is 4.78. The van der Waals surface area contributed by atoms with E-state index in [2.05, 4.69) is 13.5 Å². The Morgan fingerprint density at radius 2 is 1.95 bits per heavy atom. The molecule has 0 saturated carbocycles. The molecule has 0 spiro atoms. The minimum absolute atomic E-state index is 0.167. The first kappa shape index (κ1) is 15.3. The van der Waals surface area contributed by atoms with Crippen molar-refractivity contribution in [1.82, 2.24) is 4.90 Å². The molecule has 0 aromatic heterocycles. The molecule has 0 aliphatic carbocycles. The lowest BCUT2D eigenvalue weighted by Gasteiger charge is -2.22. The Bertz CT molecular complexity index is 538. The van der Waals surface area contributed by atoms with Gasteiger partial charge in [-0.25, -0.2) is 9.69 Å². The summed E-state index contributed by atoms with van der Waals surface area (Å²) in [6, 6.07) is 9.41. The topological polar surface area (TPSA) is 46.6 Å². The number of rotatable bonds is 2. The smallest absolute Gasteiger partial charge is 0.417 e. The molecule has 1 aromatic carbocycles. The molecule has 1 aliphatic rings. The van der Waals surface area contributed by atoms with Crippen molar-refractivity contribution in [2.45, 2.75) is 26.9 Å². The van der Waals surface area contributed by atoms with Crippen molar-refractivity contribution in [2.24, 2.45) is 11.8 Å². The third-order valence-electron chi connectivity index (χ3n) is 3.98. The number of amides is 2. The Labute approximate surface area is 125 Å². The van der Waals surface area contributed by atoms with E-state index in [1.54, 1.807) is 0 Å². The van der Waals surface area contributed by atoms with Gasteiger partial charge in [-0.05, 0) is 23.8 Å². The summed E-state index contributed by atoms with van der Waals surface area (Å²) in [5, 5.41) is 0. The van der Waals surface area contributed by atoms with E-state index in [1.165, 1.54) is 4.90 Å². The number of carbonyl (C=O) groups excluding carboxylic acids is 2. The van der Waals surface area contributed by atoms with Crippen LogP contribution in [0.4, 0.5) is 4.79 Å². The normalized spacial score (nSPS) is 22.9. The molecular formula is C17H21NO3. The highest BCUT2D eigenvalue weighted by atomic mass is 16.6. The van der Waals surface area contributed by atoms with E-state index in [-0.39, 0.29) is 18.4 Å². The van der Waals surface area contributed by atoms with Gasteiger partial charge in [0.15, 0.2) is 0 Å². The monoisotopic (exact) mass is 287 g/mol. The van der Waals surface area contributed by atoms with Gasteiger partial charge in [-0.3, -0.25) is 4.79 Å². The van der Waals surface area contributed by atoms with Crippen LogP contribution in [-0.4, -0.2) is 23.4 Å². The van der Waals surface area contributed by atoms with Gasteiger partial charge in [0.25, 0.3) is 5.91 Å². The zero-order chi connectivity index (χ0) is 15.4. The molecule has 2 rings (SSSR count). The van der Waals surface area contributed by atoms with Gasteiger partial charge in [0.05, 0.1) is 0 Å². The maximum Gasteiger partial charge on any atom is 0.417 e. The van der Waals surface area contributed by atoms with Crippen LogP contribution >= 0.6 is 0 Å². The van der Waals surface area contributed by atoms with E-state index in [9.17, 15) is 9.59 Å². The maximum atomic E-state index is 12.2. The van der Waals surface area contributed by atoms with Crippen LogP contribution in [0.1, 0.15) is 25.8 Å². The van der Waals surface area contributed by atoms with Crippen molar-refractivity contribution in [1.29, 1.82) is 0 Å². The van der Waals surface area contributed by atoms with E-state index in [0.717, 1.165) is 5.56 Å². The predicted octanol–water partition coefficient (Wildman–Crippen LogP) is 3.38. The first-order valence-corrected chi connectivity index (χ1v) is 7.19. The summed E-state index contributed by atoms with van der Waals surface area (Å²) >= 11 is 0. The lowest BCUT2D eigenvalue weighted by atomic mass is 9.92. The highest BCUT2D eigenvalue weighted by Gasteiger charge is 2.32. The number of ether oxygens (including phenoxy) is 1. The molecule has 2 atom stereocenters. The van der Waals surface area contributed by atoms with Gasteiger partial charge in [-0.1, -0.05) is 50.8 Å². The summed E-state index contributed by atoms with van der Waals surface area (Å²) < 4.78 is 5.25. The Hall–Kier alpha value is -2.10. The average Bonchev–Trinajstić information content (AvgIpc) is 2.58. The number of carbonyl (C=O) groups is 2. The van der Waals surface area contributed by atoms with Crippen molar-refractivity contribution in [3.05, 3.63) is 48.0 Å². The van der Waals surface area contributed by atoms with E-state index >= 15 is 0 Å². The summed E-state index contributed by atoms with van der Waals surface area (Å²) in [7, 11) is 0. The van der Waals surface area contributed by atoms with Crippen LogP contribution in [0.5, 0.6) is 0 Å².